The summed E-state index contributed by atoms with van der Waals surface area (Å²) in [5.74, 6) is 0.622. The van der Waals surface area contributed by atoms with Crippen LogP contribution in [0.3, 0.4) is 0 Å². The molecule has 5 nitrogen and oxygen atoms in total. The zero-order valence-electron chi connectivity index (χ0n) is 12.8. The maximum absolute atomic E-state index is 12.9. The van der Waals surface area contributed by atoms with E-state index >= 15 is 0 Å². The van der Waals surface area contributed by atoms with Gasteiger partial charge in [0.2, 0.25) is 0 Å². The molecule has 24 heavy (non-hydrogen) atoms. The number of anilines is 1. The van der Waals surface area contributed by atoms with Crippen molar-refractivity contribution in [3.63, 3.8) is 0 Å². The zero-order chi connectivity index (χ0) is 16.5. The van der Waals surface area contributed by atoms with Gasteiger partial charge in [-0.3, -0.25) is 9.89 Å². The lowest BCUT2D eigenvalue weighted by Crippen LogP contribution is -2.15. The van der Waals surface area contributed by atoms with Crippen molar-refractivity contribution in [1.82, 2.24) is 15.2 Å². The predicted octanol–water partition coefficient (Wildman–Crippen LogP) is 4.25. The van der Waals surface area contributed by atoms with Crippen molar-refractivity contribution in [3.05, 3.63) is 64.9 Å². The molecule has 0 bridgehead atoms. The van der Waals surface area contributed by atoms with Gasteiger partial charge in [0, 0.05) is 22.7 Å². The van der Waals surface area contributed by atoms with Crippen molar-refractivity contribution < 1.29 is 4.79 Å². The Hall–Kier alpha value is -2.66. The topological polar surface area (TPSA) is 70.7 Å². The fourth-order valence-corrected chi connectivity index (χ4v) is 2.94. The SMILES string of the molecule is O=C(Nc1ccccn1)c1c(C2CC2)n[nH]c1-c1ccccc1Cl. The Labute approximate surface area is 144 Å². The molecule has 1 saturated carbocycles. The minimum atomic E-state index is -0.223. The number of hydrogen-bond acceptors (Lipinski definition) is 3. The van der Waals surface area contributed by atoms with Crippen LogP contribution in [-0.2, 0) is 0 Å². The normalized spacial score (nSPS) is 13.7. The van der Waals surface area contributed by atoms with E-state index in [2.05, 4.69) is 20.5 Å². The highest BCUT2D eigenvalue weighted by atomic mass is 35.5. The summed E-state index contributed by atoms with van der Waals surface area (Å²) in [5.41, 5.74) is 2.77. The van der Waals surface area contributed by atoms with Gasteiger partial charge in [-0.05, 0) is 31.0 Å². The third-order valence-corrected chi connectivity index (χ3v) is 4.36. The lowest BCUT2D eigenvalue weighted by molar-refractivity contribution is 0.102. The third-order valence-electron chi connectivity index (χ3n) is 4.04. The van der Waals surface area contributed by atoms with Crippen LogP contribution in [0.4, 0.5) is 5.82 Å². The van der Waals surface area contributed by atoms with Crippen LogP contribution >= 0.6 is 11.6 Å². The smallest absolute Gasteiger partial charge is 0.260 e. The average Bonchev–Trinajstić information content (AvgIpc) is 3.35. The zero-order valence-corrected chi connectivity index (χ0v) is 13.5. The van der Waals surface area contributed by atoms with Crippen molar-refractivity contribution in [2.45, 2.75) is 18.8 Å². The van der Waals surface area contributed by atoms with Gasteiger partial charge in [-0.1, -0.05) is 35.9 Å². The standard InChI is InChI=1S/C18H15ClN4O/c19-13-6-2-1-5-12(13)17-15(16(22-23-17)11-8-9-11)18(24)21-14-7-3-4-10-20-14/h1-7,10-11H,8-9H2,(H,22,23)(H,20,21,24). The monoisotopic (exact) mass is 338 g/mol. The quantitative estimate of drug-likeness (QED) is 0.746. The van der Waals surface area contributed by atoms with Gasteiger partial charge in [-0.15, -0.1) is 0 Å². The molecule has 1 amide bonds. The molecule has 120 valence electrons. The second-order valence-electron chi connectivity index (χ2n) is 5.78. The van der Waals surface area contributed by atoms with Crippen molar-refractivity contribution >= 4 is 23.3 Å². The van der Waals surface area contributed by atoms with Crippen molar-refractivity contribution in [2.75, 3.05) is 5.32 Å². The number of nitrogens with one attached hydrogen (secondary N) is 2. The Balaban J connectivity index is 1.77. The van der Waals surface area contributed by atoms with E-state index < -0.39 is 0 Å². The summed E-state index contributed by atoms with van der Waals surface area (Å²) in [5, 5.41) is 10.8. The van der Waals surface area contributed by atoms with E-state index in [1.54, 1.807) is 24.4 Å². The second kappa shape index (κ2) is 6.09. The highest BCUT2D eigenvalue weighted by Gasteiger charge is 2.33. The van der Waals surface area contributed by atoms with Crippen LogP contribution in [-0.4, -0.2) is 21.1 Å². The number of benzene rings is 1. The first kappa shape index (κ1) is 14.9. The average molecular weight is 339 g/mol. The largest absolute Gasteiger partial charge is 0.306 e. The number of pyridine rings is 1. The number of H-pyrrole nitrogens is 1. The second-order valence-corrected chi connectivity index (χ2v) is 6.19. The Bertz CT molecular complexity index is 887. The Morgan fingerprint density at radius 3 is 2.67 bits per heavy atom. The lowest BCUT2D eigenvalue weighted by Gasteiger charge is -2.08. The maximum atomic E-state index is 12.9. The van der Waals surface area contributed by atoms with E-state index in [0.717, 1.165) is 24.1 Å². The van der Waals surface area contributed by atoms with Gasteiger partial charge >= 0.3 is 0 Å². The molecule has 0 saturated heterocycles. The number of carbonyl (C=O) groups excluding carboxylic acids is 1. The van der Waals surface area contributed by atoms with E-state index in [0.29, 0.717) is 28.0 Å². The number of halogens is 1. The number of hydrogen-bond donors (Lipinski definition) is 2. The lowest BCUT2D eigenvalue weighted by atomic mass is 10.0. The highest BCUT2D eigenvalue weighted by Crippen LogP contribution is 2.43. The van der Waals surface area contributed by atoms with Gasteiger partial charge in [-0.25, -0.2) is 4.98 Å². The summed E-state index contributed by atoms with van der Waals surface area (Å²) in [7, 11) is 0. The van der Waals surface area contributed by atoms with Crippen molar-refractivity contribution in [3.8, 4) is 11.3 Å². The molecular formula is C18H15ClN4O. The molecule has 1 aliphatic rings. The highest BCUT2D eigenvalue weighted by molar-refractivity contribution is 6.33. The van der Waals surface area contributed by atoms with Gasteiger partial charge in [0.1, 0.15) is 5.82 Å². The van der Waals surface area contributed by atoms with Gasteiger partial charge < -0.3 is 5.32 Å². The molecule has 1 aliphatic carbocycles. The number of nitrogens with zero attached hydrogens (tertiary/aromatic N) is 2. The molecule has 2 heterocycles. The summed E-state index contributed by atoms with van der Waals surface area (Å²) in [6, 6.07) is 12.8. The molecule has 6 heteroatoms. The van der Waals surface area contributed by atoms with Crippen LogP contribution in [0.1, 0.15) is 34.8 Å². The number of aromatic nitrogens is 3. The van der Waals surface area contributed by atoms with E-state index in [1.807, 2.05) is 24.3 Å². The molecular weight excluding hydrogens is 324 g/mol. The summed E-state index contributed by atoms with van der Waals surface area (Å²) >= 11 is 6.31. The summed E-state index contributed by atoms with van der Waals surface area (Å²) in [6.45, 7) is 0. The van der Waals surface area contributed by atoms with E-state index in [4.69, 9.17) is 11.6 Å². The molecule has 0 aliphatic heterocycles. The molecule has 0 spiro atoms. The Morgan fingerprint density at radius 1 is 1.17 bits per heavy atom. The van der Waals surface area contributed by atoms with E-state index in [1.165, 1.54) is 0 Å². The minimum absolute atomic E-state index is 0.223. The van der Waals surface area contributed by atoms with Crippen LogP contribution in [0.25, 0.3) is 11.3 Å². The summed E-state index contributed by atoms with van der Waals surface area (Å²) < 4.78 is 0. The fourth-order valence-electron chi connectivity index (χ4n) is 2.71. The van der Waals surface area contributed by atoms with Crippen LogP contribution in [0.15, 0.2) is 48.7 Å². The molecule has 1 aromatic carbocycles. The maximum Gasteiger partial charge on any atom is 0.260 e. The molecule has 4 rings (SSSR count). The summed E-state index contributed by atoms with van der Waals surface area (Å²) in [6.07, 6.45) is 3.75. The molecule has 3 aromatic rings. The fraction of sp³-hybridized carbons (Fsp3) is 0.167. The number of aromatic amines is 1. The molecule has 0 atom stereocenters. The predicted molar refractivity (Wildman–Crippen MR) is 93.2 cm³/mol. The first-order chi connectivity index (χ1) is 11.7. The number of carbonyl (C=O) groups is 1. The van der Waals surface area contributed by atoms with Gasteiger partial charge in [-0.2, -0.15) is 5.10 Å². The van der Waals surface area contributed by atoms with Gasteiger partial charge in [0.05, 0.1) is 17.0 Å². The van der Waals surface area contributed by atoms with E-state index in [9.17, 15) is 4.79 Å². The first-order valence-corrected chi connectivity index (χ1v) is 8.17. The first-order valence-electron chi connectivity index (χ1n) is 7.79. The number of amides is 1. The molecule has 2 aromatic heterocycles. The van der Waals surface area contributed by atoms with Crippen LogP contribution in [0.5, 0.6) is 0 Å². The van der Waals surface area contributed by atoms with Crippen LogP contribution in [0, 0.1) is 0 Å². The van der Waals surface area contributed by atoms with E-state index in [-0.39, 0.29) is 5.91 Å². The van der Waals surface area contributed by atoms with Crippen molar-refractivity contribution in [2.24, 2.45) is 0 Å². The Kier molecular flexibility index (Phi) is 3.78. The van der Waals surface area contributed by atoms with Crippen LogP contribution in [0.2, 0.25) is 5.02 Å². The molecule has 0 unspecified atom stereocenters. The molecule has 1 fully saturated rings. The van der Waals surface area contributed by atoms with Gasteiger partial charge in [0.15, 0.2) is 0 Å². The van der Waals surface area contributed by atoms with Crippen molar-refractivity contribution in [1.29, 1.82) is 0 Å². The minimum Gasteiger partial charge on any atom is -0.306 e. The molecule has 2 N–H and O–H groups in total. The molecule has 0 radical (unpaired) electrons. The van der Waals surface area contributed by atoms with Crippen LogP contribution < -0.4 is 5.32 Å². The summed E-state index contributed by atoms with van der Waals surface area (Å²) in [4.78, 5) is 17.0. The third kappa shape index (κ3) is 2.78. The number of rotatable bonds is 4. The Morgan fingerprint density at radius 2 is 1.96 bits per heavy atom. The van der Waals surface area contributed by atoms with Gasteiger partial charge in [0.25, 0.3) is 5.91 Å².